The molecule has 0 saturated carbocycles. The summed E-state index contributed by atoms with van der Waals surface area (Å²) in [7, 11) is 0. The van der Waals surface area contributed by atoms with Gasteiger partial charge in [-0.2, -0.15) is 0 Å². The topological polar surface area (TPSA) is 3.24 Å². The van der Waals surface area contributed by atoms with Gasteiger partial charge in [-0.3, -0.25) is 4.90 Å². The predicted octanol–water partition coefficient (Wildman–Crippen LogP) is 2.48. The maximum atomic E-state index is 2.54. The van der Waals surface area contributed by atoms with E-state index >= 15 is 0 Å². The fraction of sp³-hybridized carbons (Fsp3) is 1.00. The molecule has 0 unspecified atom stereocenters. The number of hydrogen-bond acceptors (Lipinski definition) is 3. The van der Waals surface area contributed by atoms with Gasteiger partial charge in [0.2, 0.25) is 0 Å². The number of hydrogen-bond donors (Lipinski definition) is 0. The Morgan fingerprint density at radius 3 is 2.18 bits per heavy atom. The largest absolute Gasteiger partial charge is 0.284 e. The second-order valence-electron chi connectivity index (χ2n) is 2.62. The summed E-state index contributed by atoms with van der Waals surface area (Å²) in [6.45, 7) is 6.89. The highest BCUT2D eigenvalue weighted by Crippen LogP contribution is 2.32. The molecule has 0 aromatic carbocycles. The van der Waals surface area contributed by atoms with Gasteiger partial charge in [0.15, 0.2) is 0 Å². The molecule has 0 aromatic rings. The van der Waals surface area contributed by atoms with Gasteiger partial charge < -0.3 is 0 Å². The van der Waals surface area contributed by atoms with Crippen molar-refractivity contribution in [3.63, 3.8) is 0 Å². The van der Waals surface area contributed by atoms with Crippen LogP contribution in [0.2, 0.25) is 0 Å². The molecule has 1 aliphatic heterocycles. The Kier molecular flexibility index (Phi) is 4.72. The van der Waals surface area contributed by atoms with E-state index in [-0.39, 0.29) is 0 Å². The summed E-state index contributed by atoms with van der Waals surface area (Å²) in [5.74, 6) is 2.71. The SMILES string of the molecule is CCN(CC)C1SCCCS1. The van der Waals surface area contributed by atoms with E-state index in [9.17, 15) is 0 Å². The Hall–Kier alpha value is 0.660. The molecule has 1 rings (SSSR count). The van der Waals surface area contributed by atoms with Crippen LogP contribution in [0.15, 0.2) is 0 Å². The Morgan fingerprint density at radius 2 is 1.73 bits per heavy atom. The first-order valence-electron chi connectivity index (χ1n) is 4.35. The molecule has 1 heterocycles. The van der Waals surface area contributed by atoms with Crippen LogP contribution in [0.4, 0.5) is 0 Å². The molecule has 1 fully saturated rings. The smallest absolute Gasteiger partial charge is 0.103 e. The van der Waals surface area contributed by atoms with E-state index in [1.165, 1.54) is 31.0 Å². The van der Waals surface area contributed by atoms with Gasteiger partial charge in [-0.15, -0.1) is 23.5 Å². The number of thioether (sulfide) groups is 2. The van der Waals surface area contributed by atoms with Crippen molar-refractivity contribution in [1.29, 1.82) is 0 Å². The normalized spacial score (nSPS) is 21.0. The summed E-state index contributed by atoms with van der Waals surface area (Å²) in [5, 5.41) is 0. The number of nitrogens with zero attached hydrogens (tertiary/aromatic N) is 1. The molecule has 11 heavy (non-hydrogen) atoms. The van der Waals surface area contributed by atoms with Crippen LogP contribution >= 0.6 is 23.5 Å². The standard InChI is InChI=1S/C8H17NS2/c1-3-9(4-2)8-10-6-5-7-11-8/h8H,3-7H2,1-2H3. The van der Waals surface area contributed by atoms with Crippen LogP contribution in [0.25, 0.3) is 0 Å². The minimum atomic E-state index is 0.749. The van der Waals surface area contributed by atoms with Gasteiger partial charge in [0.05, 0.1) is 0 Å². The van der Waals surface area contributed by atoms with Crippen molar-refractivity contribution >= 4 is 23.5 Å². The van der Waals surface area contributed by atoms with Gasteiger partial charge >= 0.3 is 0 Å². The zero-order valence-corrected chi connectivity index (χ0v) is 9.01. The summed E-state index contributed by atoms with van der Waals surface area (Å²) in [6.07, 6.45) is 1.40. The Balaban J connectivity index is 2.30. The van der Waals surface area contributed by atoms with Gasteiger partial charge in [0, 0.05) is 0 Å². The van der Waals surface area contributed by atoms with Gasteiger partial charge in [-0.25, -0.2) is 0 Å². The summed E-state index contributed by atoms with van der Waals surface area (Å²) in [4.78, 5) is 2.54. The lowest BCUT2D eigenvalue weighted by Crippen LogP contribution is -2.32. The molecule has 1 saturated heterocycles. The third-order valence-electron chi connectivity index (χ3n) is 1.92. The Bertz CT molecular complexity index is 98.3. The van der Waals surface area contributed by atoms with Gasteiger partial charge in [-0.05, 0) is 31.0 Å². The lowest BCUT2D eigenvalue weighted by atomic mass is 10.6. The molecule has 0 aromatic heterocycles. The molecular weight excluding hydrogens is 174 g/mol. The van der Waals surface area contributed by atoms with E-state index in [0.717, 1.165) is 4.71 Å². The summed E-state index contributed by atoms with van der Waals surface area (Å²) < 4.78 is 0.749. The van der Waals surface area contributed by atoms with Crippen LogP contribution in [0.1, 0.15) is 20.3 Å². The Morgan fingerprint density at radius 1 is 1.18 bits per heavy atom. The Labute approximate surface area is 78.3 Å². The maximum absolute atomic E-state index is 2.54. The highest BCUT2D eigenvalue weighted by atomic mass is 32.2. The molecule has 0 amide bonds. The van der Waals surface area contributed by atoms with Crippen molar-refractivity contribution in [2.45, 2.75) is 25.0 Å². The molecule has 1 nitrogen and oxygen atoms in total. The summed E-state index contributed by atoms with van der Waals surface area (Å²) >= 11 is 4.22. The van der Waals surface area contributed by atoms with E-state index in [1.54, 1.807) is 0 Å². The third-order valence-corrected chi connectivity index (χ3v) is 4.95. The minimum absolute atomic E-state index is 0.749. The van der Waals surface area contributed by atoms with Crippen molar-refractivity contribution in [2.24, 2.45) is 0 Å². The molecule has 0 bridgehead atoms. The van der Waals surface area contributed by atoms with E-state index in [1.807, 2.05) is 0 Å². The van der Waals surface area contributed by atoms with Crippen LogP contribution in [0.3, 0.4) is 0 Å². The van der Waals surface area contributed by atoms with Crippen molar-refractivity contribution in [3.05, 3.63) is 0 Å². The lowest BCUT2D eigenvalue weighted by Gasteiger charge is -2.31. The number of rotatable bonds is 3. The van der Waals surface area contributed by atoms with E-state index in [0.29, 0.717) is 0 Å². The van der Waals surface area contributed by atoms with Crippen LogP contribution in [-0.2, 0) is 0 Å². The molecular formula is C8H17NS2. The third kappa shape index (κ3) is 2.88. The average Bonchev–Trinajstić information content (AvgIpc) is 2.09. The average molecular weight is 191 g/mol. The second kappa shape index (κ2) is 5.33. The van der Waals surface area contributed by atoms with Gasteiger partial charge in [0.25, 0.3) is 0 Å². The molecule has 66 valence electrons. The van der Waals surface area contributed by atoms with Crippen LogP contribution in [-0.4, -0.2) is 34.2 Å². The second-order valence-corrected chi connectivity index (χ2v) is 5.30. The first kappa shape index (κ1) is 9.75. The van der Waals surface area contributed by atoms with Gasteiger partial charge in [0.1, 0.15) is 4.71 Å². The molecule has 0 atom stereocenters. The van der Waals surface area contributed by atoms with Crippen molar-refractivity contribution in [3.8, 4) is 0 Å². The molecule has 0 spiro atoms. The van der Waals surface area contributed by atoms with E-state index in [4.69, 9.17) is 0 Å². The predicted molar refractivity (Wildman–Crippen MR) is 56.2 cm³/mol. The zero-order chi connectivity index (χ0) is 8.10. The molecule has 0 radical (unpaired) electrons. The van der Waals surface area contributed by atoms with Crippen molar-refractivity contribution in [1.82, 2.24) is 4.90 Å². The highest BCUT2D eigenvalue weighted by molar-refractivity contribution is 8.17. The van der Waals surface area contributed by atoms with E-state index < -0.39 is 0 Å². The maximum Gasteiger partial charge on any atom is 0.103 e. The molecule has 0 N–H and O–H groups in total. The fourth-order valence-electron chi connectivity index (χ4n) is 1.21. The van der Waals surface area contributed by atoms with E-state index in [2.05, 4.69) is 42.3 Å². The van der Waals surface area contributed by atoms with Crippen molar-refractivity contribution < 1.29 is 0 Å². The lowest BCUT2D eigenvalue weighted by molar-refractivity contribution is 0.338. The quantitative estimate of drug-likeness (QED) is 0.675. The first-order valence-corrected chi connectivity index (χ1v) is 6.45. The molecule has 3 heteroatoms. The zero-order valence-electron chi connectivity index (χ0n) is 7.38. The summed E-state index contributed by atoms with van der Waals surface area (Å²) in [5.41, 5.74) is 0. The van der Waals surface area contributed by atoms with Crippen LogP contribution in [0.5, 0.6) is 0 Å². The van der Waals surface area contributed by atoms with Crippen LogP contribution in [0, 0.1) is 0 Å². The monoisotopic (exact) mass is 191 g/mol. The van der Waals surface area contributed by atoms with Crippen LogP contribution < -0.4 is 0 Å². The fourth-order valence-corrected chi connectivity index (χ4v) is 4.40. The van der Waals surface area contributed by atoms with Crippen molar-refractivity contribution in [2.75, 3.05) is 24.6 Å². The highest BCUT2D eigenvalue weighted by Gasteiger charge is 2.18. The first-order chi connectivity index (χ1) is 5.38. The summed E-state index contributed by atoms with van der Waals surface area (Å²) in [6, 6.07) is 0. The van der Waals surface area contributed by atoms with Gasteiger partial charge in [-0.1, -0.05) is 13.8 Å². The minimum Gasteiger partial charge on any atom is -0.284 e. The molecule has 0 aliphatic carbocycles. The molecule has 1 aliphatic rings.